The lowest BCUT2D eigenvalue weighted by Gasteiger charge is -2.11. The van der Waals surface area contributed by atoms with Crippen molar-refractivity contribution in [1.82, 2.24) is 9.88 Å². The molecule has 0 bridgehead atoms. The van der Waals surface area contributed by atoms with Crippen LogP contribution < -0.4 is 0 Å². The predicted molar refractivity (Wildman–Crippen MR) is 73.7 cm³/mol. The van der Waals surface area contributed by atoms with Gasteiger partial charge in [-0.1, -0.05) is 30.3 Å². The Labute approximate surface area is 115 Å². The average Bonchev–Trinajstić information content (AvgIpc) is 2.99. The minimum atomic E-state index is -1.12. The molecule has 0 aliphatic carbocycles. The van der Waals surface area contributed by atoms with Gasteiger partial charge in [0.05, 0.1) is 6.10 Å². The lowest BCUT2D eigenvalue weighted by Crippen LogP contribution is -2.20. The number of hydrogen-bond donors (Lipinski definition) is 1. The molecule has 2 heterocycles. The summed E-state index contributed by atoms with van der Waals surface area (Å²) in [4.78, 5) is 7.43. The Balaban J connectivity index is 1.69. The van der Waals surface area contributed by atoms with E-state index in [-0.39, 0.29) is 0 Å². The van der Waals surface area contributed by atoms with Crippen LogP contribution in [0, 0.1) is 0 Å². The summed E-state index contributed by atoms with van der Waals surface area (Å²) in [7, 11) is 0. The van der Waals surface area contributed by atoms with Crippen LogP contribution in [0.2, 0.25) is 0 Å². The molecule has 0 spiro atoms. The number of alkyl halides is 1. The van der Waals surface area contributed by atoms with E-state index in [4.69, 9.17) is 0 Å². The second-order valence-corrected chi connectivity index (χ2v) is 5.89. The lowest BCUT2D eigenvalue weighted by molar-refractivity contribution is 0.115. The number of nitrogens with zero attached hydrogens (tertiary/aromatic N) is 2. The number of halogens is 1. The molecule has 1 aromatic heterocycles. The molecule has 1 saturated heterocycles. The quantitative estimate of drug-likeness (QED) is 0.936. The van der Waals surface area contributed by atoms with Gasteiger partial charge in [-0.2, -0.15) is 0 Å². The van der Waals surface area contributed by atoms with Crippen molar-refractivity contribution in [2.75, 3.05) is 13.1 Å². The van der Waals surface area contributed by atoms with Gasteiger partial charge in [0.15, 0.2) is 0 Å². The Bertz CT molecular complexity index is 535. The molecule has 1 aromatic carbocycles. The first kappa shape index (κ1) is 12.7. The number of rotatable bonds is 3. The first-order valence-electron chi connectivity index (χ1n) is 6.27. The lowest BCUT2D eigenvalue weighted by atomic mass is 10.2. The molecule has 3 rings (SSSR count). The zero-order valence-electron chi connectivity index (χ0n) is 10.4. The summed E-state index contributed by atoms with van der Waals surface area (Å²) >= 11 is 1.62. The molecule has 0 amide bonds. The van der Waals surface area contributed by atoms with Crippen molar-refractivity contribution in [3.05, 3.63) is 41.4 Å². The van der Waals surface area contributed by atoms with E-state index in [1.807, 2.05) is 41.4 Å². The summed E-state index contributed by atoms with van der Waals surface area (Å²) in [5.74, 6) is 0. The highest BCUT2D eigenvalue weighted by atomic mass is 32.1. The standard InChI is InChI=1S/C14H15FN2OS/c15-12-8-17(9-13(12)18)7-11-6-16-14(19-11)10-4-2-1-3-5-10/h1-6,12-13,18H,7-9H2/t12-,13-/m1/s1. The number of thiazole rings is 1. The molecular formula is C14H15FN2OS. The monoisotopic (exact) mass is 278 g/mol. The number of aliphatic hydroxyl groups is 1. The first-order chi connectivity index (χ1) is 9.22. The number of aliphatic hydroxyl groups excluding tert-OH is 1. The molecule has 0 saturated carbocycles. The molecule has 5 heteroatoms. The molecule has 2 atom stereocenters. The third kappa shape index (κ3) is 2.83. The van der Waals surface area contributed by atoms with Crippen molar-refractivity contribution in [1.29, 1.82) is 0 Å². The average molecular weight is 278 g/mol. The van der Waals surface area contributed by atoms with Gasteiger partial charge in [-0.3, -0.25) is 4.90 Å². The summed E-state index contributed by atoms with van der Waals surface area (Å²) in [5, 5.41) is 10.4. The van der Waals surface area contributed by atoms with Crippen LogP contribution in [-0.4, -0.2) is 40.4 Å². The Morgan fingerprint density at radius 1 is 1.32 bits per heavy atom. The highest BCUT2D eigenvalue weighted by Gasteiger charge is 2.31. The highest BCUT2D eigenvalue weighted by Crippen LogP contribution is 2.26. The maximum Gasteiger partial charge on any atom is 0.140 e. The molecule has 0 radical (unpaired) electrons. The van der Waals surface area contributed by atoms with Gasteiger partial charge in [0.25, 0.3) is 0 Å². The summed E-state index contributed by atoms with van der Waals surface area (Å²) in [6.45, 7) is 1.36. The number of likely N-dealkylation sites (tertiary alicyclic amines) is 1. The molecular weight excluding hydrogens is 263 g/mol. The molecule has 1 aliphatic heterocycles. The smallest absolute Gasteiger partial charge is 0.140 e. The highest BCUT2D eigenvalue weighted by molar-refractivity contribution is 7.15. The van der Waals surface area contributed by atoms with Crippen molar-refractivity contribution in [3.63, 3.8) is 0 Å². The topological polar surface area (TPSA) is 36.4 Å². The van der Waals surface area contributed by atoms with Crippen LogP contribution in [0.5, 0.6) is 0 Å². The third-order valence-corrected chi connectivity index (χ3v) is 4.28. The molecule has 0 unspecified atom stereocenters. The summed E-state index contributed by atoms with van der Waals surface area (Å²) in [6.07, 6.45) is -0.131. The van der Waals surface area contributed by atoms with E-state index in [0.29, 0.717) is 19.6 Å². The van der Waals surface area contributed by atoms with Gasteiger partial charge in [-0.15, -0.1) is 11.3 Å². The van der Waals surface area contributed by atoms with E-state index in [1.54, 1.807) is 11.3 Å². The van der Waals surface area contributed by atoms with E-state index in [9.17, 15) is 9.50 Å². The van der Waals surface area contributed by atoms with E-state index in [1.165, 1.54) is 0 Å². The normalized spacial score (nSPS) is 23.9. The Morgan fingerprint density at radius 3 is 2.79 bits per heavy atom. The molecule has 2 aromatic rings. The fourth-order valence-electron chi connectivity index (χ4n) is 2.27. The SMILES string of the molecule is O[C@@H]1CN(Cc2cnc(-c3ccccc3)s2)C[C@H]1F. The Morgan fingerprint density at radius 2 is 2.11 bits per heavy atom. The predicted octanol–water partition coefficient (Wildman–Crippen LogP) is 2.32. The zero-order chi connectivity index (χ0) is 13.2. The molecule has 1 aliphatic rings. The van der Waals surface area contributed by atoms with Crippen LogP contribution in [0.15, 0.2) is 36.5 Å². The second kappa shape index (κ2) is 5.36. The summed E-state index contributed by atoms with van der Waals surface area (Å²) in [5.41, 5.74) is 1.10. The number of benzene rings is 1. The number of aromatic nitrogens is 1. The van der Waals surface area contributed by atoms with Crippen LogP contribution in [0.1, 0.15) is 4.88 Å². The minimum absolute atomic E-state index is 0.305. The van der Waals surface area contributed by atoms with Crippen LogP contribution in [0.4, 0.5) is 4.39 Å². The van der Waals surface area contributed by atoms with Gasteiger partial charge in [0.2, 0.25) is 0 Å². The van der Waals surface area contributed by atoms with E-state index >= 15 is 0 Å². The zero-order valence-corrected chi connectivity index (χ0v) is 11.2. The van der Waals surface area contributed by atoms with Gasteiger partial charge in [-0.05, 0) is 0 Å². The van der Waals surface area contributed by atoms with Crippen molar-refractivity contribution in [3.8, 4) is 10.6 Å². The van der Waals surface area contributed by atoms with Gasteiger partial charge < -0.3 is 5.11 Å². The maximum atomic E-state index is 13.2. The minimum Gasteiger partial charge on any atom is -0.389 e. The molecule has 19 heavy (non-hydrogen) atoms. The maximum absolute atomic E-state index is 13.2. The molecule has 1 fully saturated rings. The third-order valence-electron chi connectivity index (χ3n) is 3.25. The van der Waals surface area contributed by atoms with Gasteiger partial charge >= 0.3 is 0 Å². The van der Waals surface area contributed by atoms with Crippen LogP contribution in [0.3, 0.4) is 0 Å². The van der Waals surface area contributed by atoms with Gasteiger partial charge in [0.1, 0.15) is 11.2 Å². The van der Waals surface area contributed by atoms with Crippen LogP contribution >= 0.6 is 11.3 Å². The van der Waals surface area contributed by atoms with Crippen molar-refractivity contribution < 1.29 is 9.50 Å². The van der Waals surface area contributed by atoms with Crippen LogP contribution in [-0.2, 0) is 6.54 Å². The largest absolute Gasteiger partial charge is 0.389 e. The second-order valence-electron chi connectivity index (χ2n) is 4.78. The van der Waals surface area contributed by atoms with E-state index in [2.05, 4.69) is 4.98 Å². The molecule has 100 valence electrons. The first-order valence-corrected chi connectivity index (χ1v) is 7.08. The van der Waals surface area contributed by atoms with E-state index < -0.39 is 12.3 Å². The number of hydrogen-bond acceptors (Lipinski definition) is 4. The Hall–Kier alpha value is -1.30. The molecule has 1 N–H and O–H groups in total. The fourth-order valence-corrected chi connectivity index (χ4v) is 3.23. The summed E-state index contributed by atoms with van der Waals surface area (Å²) < 4.78 is 13.2. The van der Waals surface area contributed by atoms with Gasteiger partial charge in [-0.25, -0.2) is 9.37 Å². The van der Waals surface area contributed by atoms with E-state index in [0.717, 1.165) is 15.4 Å². The fraction of sp³-hybridized carbons (Fsp3) is 0.357. The Kier molecular flexibility index (Phi) is 3.59. The molecule has 3 nitrogen and oxygen atoms in total. The summed E-state index contributed by atoms with van der Waals surface area (Å²) in [6, 6.07) is 10.0. The van der Waals surface area contributed by atoms with Crippen molar-refractivity contribution in [2.24, 2.45) is 0 Å². The van der Waals surface area contributed by atoms with Gasteiger partial charge in [0, 0.05) is 36.3 Å². The van der Waals surface area contributed by atoms with Crippen molar-refractivity contribution >= 4 is 11.3 Å². The number of β-amino-alcohol motifs (C(OH)–C–C–N with tert-alkyl or cyclic N) is 1. The van der Waals surface area contributed by atoms with Crippen LogP contribution in [0.25, 0.3) is 10.6 Å². The van der Waals surface area contributed by atoms with Crippen molar-refractivity contribution in [2.45, 2.75) is 18.8 Å².